The van der Waals surface area contributed by atoms with E-state index in [2.05, 4.69) is 28.7 Å². The van der Waals surface area contributed by atoms with E-state index in [4.69, 9.17) is 11.6 Å². The third kappa shape index (κ3) is 5.37. The molecule has 4 aromatic rings. The number of thiazole rings is 1. The van der Waals surface area contributed by atoms with Crippen molar-refractivity contribution < 1.29 is 8.42 Å². The maximum absolute atomic E-state index is 13.0. The summed E-state index contributed by atoms with van der Waals surface area (Å²) in [5.41, 5.74) is 3.59. The van der Waals surface area contributed by atoms with Crippen LogP contribution < -0.4 is 14.5 Å². The average molecular weight is 542 g/mol. The van der Waals surface area contributed by atoms with Gasteiger partial charge >= 0.3 is 4.87 Å². The number of hydrogen-bond acceptors (Lipinski definition) is 5. The number of nitrogens with zero attached hydrogens (tertiary/aromatic N) is 2. The summed E-state index contributed by atoms with van der Waals surface area (Å²) in [6.45, 7) is 4.92. The van der Waals surface area contributed by atoms with Crippen molar-refractivity contribution >= 4 is 48.9 Å². The highest BCUT2D eigenvalue weighted by Crippen LogP contribution is 2.25. The highest BCUT2D eigenvalue weighted by atomic mass is 35.5. The first-order valence-electron chi connectivity index (χ1n) is 12.0. The Labute approximate surface area is 220 Å². The maximum atomic E-state index is 13.0. The van der Waals surface area contributed by atoms with Crippen LogP contribution in [0.3, 0.4) is 0 Å². The van der Waals surface area contributed by atoms with Gasteiger partial charge in [0.15, 0.2) is 0 Å². The van der Waals surface area contributed by atoms with Crippen LogP contribution in [0.4, 0.5) is 5.69 Å². The Kier molecular flexibility index (Phi) is 7.21. The molecule has 0 saturated carbocycles. The fraction of sp³-hybridized carbons (Fsp3) is 0.296. The van der Waals surface area contributed by atoms with E-state index in [0.29, 0.717) is 27.7 Å². The second-order valence-electron chi connectivity index (χ2n) is 9.36. The number of rotatable bonds is 7. The number of piperidine rings is 1. The third-order valence-corrected chi connectivity index (χ3v) is 9.37. The van der Waals surface area contributed by atoms with Crippen LogP contribution in [-0.2, 0) is 23.1 Å². The summed E-state index contributed by atoms with van der Waals surface area (Å²) in [6.07, 6.45) is 2.47. The molecule has 6 nitrogen and oxygen atoms in total. The van der Waals surface area contributed by atoms with Crippen molar-refractivity contribution in [3.05, 3.63) is 92.5 Å². The molecule has 0 spiro atoms. The molecule has 1 atom stereocenters. The number of benzene rings is 3. The molecule has 1 saturated heterocycles. The molecule has 1 N–H and O–H groups in total. The zero-order chi connectivity index (χ0) is 25.3. The summed E-state index contributed by atoms with van der Waals surface area (Å²) in [5, 5.41) is 0.589. The van der Waals surface area contributed by atoms with E-state index in [1.54, 1.807) is 28.8 Å². The van der Waals surface area contributed by atoms with E-state index in [0.717, 1.165) is 35.6 Å². The molecular formula is C27H28ClN3O3S2. The molecule has 0 radical (unpaired) electrons. The molecule has 1 aliphatic heterocycles. The molecule has 1 aliphatic rings. The zero-order valence-electron chi connectivity index (χ0n) is 20.0. The average Bonchev–Trinajstić information content (AvgIpc) is 3.18. The first-order valence-corrected chi connectivity index (χ1v) is 14.7. The minimum Gasteiger partial charge on any atom is -0.371 e. The van der Waals surface area contributed by atoms with Gasteiger partial charge in [-0.15, -0.1) is 0 Å². The number of halogens is 1. The highest BCUT2D eigenvalue weighted by molar-refractivity contribution is 7.89. The van der Waals surface area contributed by atoms with E-state index in [-0.39, 0.29) is 16.3 Å². The lowest BCUT2D eigenvalue weighted by atomic mass is 9.99. The monoisotopic (exact) mass is 541 g/mol. The lowest BCUT2D eigenvalue weighted by Crippen LogP contribution is -2.34. The van der Waals surface area contributed by atoms with Gasteiger partial charge in [0.2, 0.25) is 10.0 Å². The summed E-state index contributed by atoms with van der Waals surface area (Å²) in [7, 11) is -3.74. The number of sulfonamides is 1. The second kappa shape index (κ2) is 10.4. The molecule has 5 rings (SSSR count). The van der Waals surface area contributed by atoms with E-state index < -0.39 is 10.0 Å². The molecule has 0 amide bonds. The Morgan fingerprint density at radius 2 is 1.86 bits per heavy atom. The van der Waals surface area contributed by atoms with Gasteiger partial charge in [0.1, 0.15) is 0 Å². The number of anilines is 1. The van der Waals surface area contributed by atoms with Gasteiger partial charge in [-0.25, -0.2) is 13.1 Å². The summed E-state index contributed by atoms with van der Waals surface area (Å²) in [6, 6.07) is 20.2. The second-order valence-corrected chi connectivity index (χ2v) is 12.5. The summed E-state index contributed by atoms with van der Waals surface area (Å²) in [5.74, 6) is 0.689. The van der Waals surface area contributed by atoms with Gasteiger partial charge in [0.05, 0.1) is 21.7 Å². The standard InChI is InChI=1S/C27H28ClN3O3S2/c1-19-5-4-14-30(17-19)22-10-8-20(9-11-22)16-29-36(33,34)23-12-13-25-26(15-23)35-27(32)31(25)18-21-6-2-3-7-24(21)28/h2-3,6-13,15,19,29H,4-5,14,16-18H2,1H3/t19-/m0/s1. The van der Waals surface area contributed by atoms with Gasteiger partial charge in [0.25, 0.3) is 0 Å². The van der Waals surface area contributed by atoms with Gasteiger partial charge in [0, 0.05) is 30.3 Å². The summed E-state index contributed by atoms with van der Waals surface area (Å²) < 4.78 is 31.0. The summed E-state index contributed by atoms with van der Waals surface area (Å²) in [4.78, 5) is 15.0. The fourth-order valence-corrected chi connectivity index (χ4v) is 6.91. The van der Waals surface area contributed by atoms with Crippen molar-refractivity contribution in [2.45, 2.75) is 37.8 Å². The molecule has 36 heavy (non-hydrogen) atoms. The minimum atomic E-state index is -3.74. The fourth-order valence-electron chi connectivity index (χ4n) is 4.67. The van der Waals surface area contributed by atoms with Gasteiger partial charge in [-0.05, 0) is 66.3 Å². The molecule has 3 aromatic carbocycles. The molecule has 0 unspecified atom stereocenters. The molecule has 2 heterocycles. The van der Waals surface area contributed by atoms with E-state index in [9.17, 15) is 13.2 Å². The predicted octanol–water partition coefficient (Wildman–Crippen LogP) is 5.48. The smallest absolute Gasteiger partial charge is 0.308 e. The first kappa shape index (κ1) is 25.0. The molecule has 9 heteroatoms. The van der Waals surface area contributed by atoms with Crippen molar-refractivity contribution in [3.63, 3.8) is 0 Å². The normalized spacial score (nSPS) is 16.5. The quantitative estimate of drug-likeness (QED) is 0.336. The predicted molar refractivity (Wildman–Crippen MR) is 148 cm³/mol. The molecule has 188 valence electrons. The van der Waals surface area contributed by atoms with Crippen molar-refractivity contribution in [1.82, 2.24) is 9.29 Å². The van der Waals surface area contributed by atoms with Crippen LogP contribution in [0.15, 0.2) is 76.4 Å². The molecule has 0 aliphatic carbocycles. The van der Waals surface area contributed by atoms with Crippen molar-refractivity contribution in [2.75, 3.05) is 18.0 Å². The van der Waals surface area contributed by atoms with Crippen LogP contribution in [0.25, 0.3) is 10.2 Å². The lowest BCUT2D eigenvalue weighted by Gasteiger charge is -2.32. The van der Waals surface area contributed by atoms with Crippen LogP contribution in [0.2, 0.25) is 5.02 Å². The molecule has 1 aromatic heterocycles. The number of fused-ring (bicyclic) bond motifs is 1. The first-order chi connectivity index (χ1) is 17.3. The van der Waals surface area contributed by atoms with Crippen LogP contribution in [-0.4, -0.2) is 26.1 Å². The number of nitrogens with one attached hydrogen (secondary N) is 1. The van der Waals surface area contributed by atoms with Crippen LogP contribution >= 0.6 is 22.9 Å². The molecule has 1 fully saturated rings. The minimum absolute atomic E-state index is 0.139. The van der Waals surface area contributed by atoms with Crippen molar-refractivity contribution in [2.24, 2.45) is 5.92 Å². The topological polar surface area (TPSA) is 71.4 Å². The van der Waals surface area contributed by atoms with Crippen molar-refractivity contribution in [3.8, 4) is 0 Å². The van der Waals surface area contributed by atoms with Gasteiger partial charge in [-0.2, -0.15) is 0 Å². The SMILES string of the molecule is C[C@H]1CCCN(c2ccc(CNS(=O)(=O)c3ccc4c(c3)sc(=O)n4Cc3ccccc3Cl)cc2)C1. The maximum Gasteiger partial charge on any atom is 0.308 e. The summed E-state index contributed by atoms with van der Waals surface area (Å²) >= 11 is 7.30. The molecular weight excluding hydrogens is 514 g/mol. The third-order valence-electron chi connectivity index (χ3n) is 6.66. The van der Waals surface area contributed by atoms with Gasteiger partial charge < -0.3 is 4.90 Å². The Balaban J connectivity index is 1.30. The van der Waals surface area contributed by atoms with Gasteiger partial charge in [-0.1, -0.05) is 60.2 Å². The Morgan fingerprint density at radius 1 is 1.08 bits per heavy atom. The van der Waals surface area contributed by atoms with Crippen molar-refractivity contribution in [1.29, 1.82) is 0 Å². The number of aromatic nitrogens is 1. The lowest BCUT2D eigenvalue weighted by molar-refractivity contribution is 0.447. The Bertz CT molecular complexity index is 1540. The largest absolute Gasteiger partial charge is 0.371 e. The Hall–Kier alpha value is -2.65. The molecule has 0 bridgehead atoms. The van der Waals surface area contributed by atoms with Crippen LogP contribution in [0, 0.1) is 5.92 Å². The van der Waals surface area contributed by atoms with Crippen LogP contribution in [0.1, 0.15) is 30.9 Å². The highest BCUT2D eigenvalue weighted by Gasteiger charge is 2.19. The number of hydrogen-bond donors (Lipinski definition) is 1. The van der Waals surface area contributed by atoms with E-state index in [1.807, 2.05) is 30.3 Å². The Morgan fingerprint density at radius 3 is 2.61 bits per heavy atom. The van der Waals surface area contributed by atoms with Crippen LogP contribution in [0.5, 0.6) is 0 Å². The van der Waals surface area contributed by atoms with Gasteiger partial charge in [-0.3, -0.25) is 9.36 Å². The zero-order valence-corrected chi connectivity index (χ0v) is 22.4. The van der Waals surface area contributed by atoms with E-state index in [1.165, 1.54) is 18.5 Å². The van der Waals surface area contributed by atoms with E-state index >= 15 is 0 Å².